The molecule has 6 nitrogen and oxygen atoms in total. The van der Waals surface area contributed by atoms with Crippen molar-refractivity contribution in [1.82, 2.24) is 9.97 Å². The molecule has 28 heavy (non-hydrogen) atoms. The molecule has 1 aromatic heterocycles. The van der Waals surface area contributed by atoms with Crippen LogP contribution in [0.5, 0.6) is 0 Å². The normalized spacial score (nSPS) is 10.6. The second-order valence-corrected chi connectivity index (χ2v) is 5.99. The van der Waals surface area contributed by atoms with Gasteiger partial charge in [0.2, 0.25) is 5.91 Å². The number of amides is 2. The van der Waals surface area contributed by atoms with Crippen LogP contribution >= 0.6 is 0 Å². The quantitative estimate of drug-likeness (QED) is 0.663. The topological polar surface area (TPSA) is 84.0 Å². The van der Waals surface area contributed by atoms with Gasteiger partial charge >= 0.3 is 0 Å². The Morgan fingerprint density at radius 2 is 1.82 bits per heavy atom. The van der Waals surface area contributed by atoms with Gasteiger partial charge in [0.05, 0.1) is 0 Å². The summed E-state index contributed by atoms with van der Waals surface area (Å²) < 4.78 is 13.3. The largest absolute Gasteiger partial charge is 0.322 e. The maximum atomic E-state index is 13.3. The highest BCUT2D eigenvalue weighted by Crippen LogP contribution is 2.19. The highest BCUT2D eigenvalue weighted by molar-refractivity contribution is 6.06. The number of nitrogens with one attached hydrogen (secondary N) is 2. The lowest BCUT2D eigenvalue weighted by Gasteiger charge is -2.10. The first-order valence-electron chi connectivity index (χ1n) is 8.43. The molecule has 0 radical (unpaired) electrons. The van der Waals surface area contributed by atoms with Gasteiger partial charge in [-0.25, -0.2) is 14.4 Å². The summed E-state index contributed by atoms with van der Waals surface area (Å²) in [6, 6.07) is 10.6. The van der Waals surface area contributed by atoms with E-state index in [0.29, 0.717) is 22.5 Å². The van der Waals surface area contributed by atoms with Crippen molar-refractivity contribution in [1.29, 1.82) is 0 Å². The molecule has 0 saturated carbocycles. The van der Waals surface area contributed by atoms with Gasteiger partial charge in [0.1, 0.15) is 12.1 Å². The fourth-order valence-corrected chi connectivity index (χ4v) is 2.41. The van der Waals surface area contributed by atoms with Crippen LogP contribution in [0.15, 0.2) is 67.3 Å². The number of rotatable bonds is 5. The standard InChI is InChI=1S/C21H17FN4O2/c1-14-5-7-16(21(28)25-18-4-2-3-17(22)10-18)9-19(14)26-20(27)8-6-15-11-23-13-24-12-15/h2-13H,1H3,(H,25,28)(H,26,27). The van der Waals surface area contributed by atoms with E-state index < -0.39 is 11.7 Å². The number of hydrogen-bond donors (Lipinski definition) is 2. The zero-order valence-electron chi connectivity index (χ0n) is 15.0. The van der Waals surface area contributed by atoms with E-state index >= 15 is 0 Å². The Morgan fingerprint density at radius 3 is 2.57 bits per heavy atom. The molecule has 140 valence electrons. The van der Waals surface area contributed by atoms with Crippen molar-refractivity contribution in [2.24, 2.45) is 0 Å². The van der Waals surface area contributed by atoms with Crippen LogP contribution in [0, 0.1) is 12.7 Å². The summed E-state index contributed by atoms with van der Waals surface area (Å²) in [4.78, 5) is 32.3. The summed E-state index contributed by atoms with van der Waals surface area (Å²) in [5.74, 6) is -1.20. The Morgan fingerprint density at radius 1 is 1.04 bits per heavy atom. The molecule has 0 unspecified atom stereocenters. The molecule has 0 spiro atoms. The SMILES string of the molecule is Cc1ccc(C(=O)Nc2cccc(F)c2)cc1NC(=O)C=Cc1cncnc1. The highest BCUT2D eigenvalue weighted by Gasteiger charge is 2.10. The molecular formula is C21H17FN4O2. The molecule has 0 fully saturated rings. The number of benzene rings is 2. The van der Waals surface area contributed by atoms with Crippen molar-refractivity contribution < 1.29 is 14.0 Å². The Labute approximate surface area is 161 Å². The number of aryl methyl sites for hydroxylation is 1. The van der Waals surface area contributed by atoms with Crippen LogP contribution in [0.2, 0.25) is 0 Å². The number of anilines is 2. The smallest absolute Gasteiger partial charge is 0.255 e. The van der Waals surface area contributed by atoms with Gasteiger partial charge in [-0.2, -0.15) is 0 Å². The van der Waals surface area contributed by atoms with E-state index in [2.05, 4.69) is 20.6 Å². The maximum Gasteiger partial charge on any atom is 0.255 e. The molecule has 1 heterocycles. The molecule has 7 heteroatoms. The Balaban J connectivity index is 1.71. The van der Waals surface area contributed by atoms with Gasteiger partial charge in [-0.05, 0) is 48.9 Å². The predicted octanol–water partition coefficient (Wildman–Crippen LogP) is 3.83. The van der Waals surface area contributed by atoms with E-state index in [4.69, 9.17) is 0 Å². The average Bonchev–Trinajstić information content (AvgIpc) is 2.69. The number of hydrogen-bond acceptors (Lipinski definition) is 4. The molecule has 0 bridgehead atoms. The van der Waals surface area contributed by atoms with Crippen LogP contribution in [0.3, 0.4) is 0 Å². The van der Waals surface area contributed by atoms with Crippen molar-refractivity contribution in [3.05, 3.63) is 89.8 Å². The van der Waals surface area contributed by atoms with Crippen molar-refractivity contribution >= 4 is 29.3 Å². The van der Waals surface area contributed by atoms with Crippen LogP contribution in [0.4, 0.5) is 15.8 Å². The third kappa shape index (κ3) is 5.07. The van der Waals surface area contributed by atoms with E-state index in [0.717, 1.165) is 5.56 Å². The van der Waals surface area contributed by atoms with Gasteiger partial charge in [-0.3, -0.25) is 9.59 Å². The van der Waals surface area contributed by atoms with E-state index in [9.17, 15) is 14.0 Å². The second-order valence-electron chi connectivity index (χ2n) is 5.99. The van der Waals surface area contributed by atoms with Gasteiger partial charge in [0, 0.05) is 41.0 Å². The zero-order chi connectivity index (χ0) is 19.9. The molecule has 2 aromatic carbocycles. The number of aromatic nitrogens is 2. The molecule has 3 aromatic rings. The summed E-state index contributed by atoms with van der Waals surface area (Å²) in [7, 11) is 0. The van der Waals surface area contributed by atoms with Crippen molar-refractivity contribution in [3.63, 3.8) is 0 Å². The van der Waals surface area contributed by atoms with E-state index in [-0.39, 0.29) is 5.91 Å². The lowest BCUT2D eigenvalue weighted by Crippen LogP contribution is -2.14. The first kappa shape index (κ1) is 18.9. The fraction of sp³-hybridized carbons (Fsp3) is 0.0476. The number of carbonyl (C=O) groups excluding carboxylic acids is 2. The van der Waals surface area contributed by atoms with Crippen LogP contribution in [0.1, 0.15) is 21.5 Å². The molecule has 0 atom stereocenters. The summed E-state index contributed by atoms with van der Waals surface area (Å²) in [5.41, 5.74) is 2.69. The number of carbonyl (C=O) groups is 2. The molecule has 2 N–H and O–H groups in total. The van der Waals surface area contributed by atoms with Gasteiger partial charge in [-0.15, -0.1) is 0 Å². The minimum atomic E-state index is -0.440. The molecule has 0 aliphatic rings. The molecule has 0 aliphatic carbocycles. The Bertz CT molecular complexity index is 1040. The van der Waals surface area contributed by atoms with Crippen molar-refractivity contribution in [2.45, 2.75) is 6.92 Å². The summed E-state index contributed by atoms with van der Waals surface area (Å²) in [6.07, 6.45) is 7.52. The van der Waals surface area contributed by atoms with Gasteiger partial charge in [-0.1, -0.05) is 12.1 Å². The Hall–Kier alpha value is -3.87. The van der Waals surface area contributed by atoms with E-state index in [1.54, 1.807) is 42.7 Å². The summed E-state index contributed by atoms with van der Waals surface area (Å²) in [6.45, 7) is 1.82. The third-order valence-electron chi connectivity index (χ3n) is 3.85. The predicted molar refractivity (Wildman–Crippen MR) is 105 cm³/mol. The third-order valence-corrected chi connectivity index (χ3v) is 3.85. The molecular weight excluding hydrogens is 359 g/mol. The number of nitrogens with zero attached hydrogens (tertiary/aromatic N) is 2. The lowest BCUT2D eigenvalue weighted by molar-refractivity contribution is -0.111. The van der Waals surface area contributed by atoms with Gasteiger partial charge in [0.15, 0.2) is 0 Å². The van der Waals surface area contributed by atoms with Crippen molar-refractivity contribution in [2.75, 3.05) is 10.6 Å². The summed E-state index contributed by atoms with van der Waals surface area (Å²) >= 11 is 0. The van der Waals surface area contributed by atoms with Gasteiger partial charge in [0.25, 0.3) is 5.91 Å². The van der Waals surface area contributed by atoms with Gasteiger partial charge < -0.3 is 10.6 Å². The minimum Gasteiger partial charge on any atom is -0.322 e. The molecule has 0 aliphatic heterocycles. The van der Waals surface area contributed by atoms with Crippen LogP contribution in [0.25, 0.3) is 6.08 Å². The van der Waals surface area contributed by atoms with Crippen molar-refractivity contribution in [3.8, 4) is 0 Å². The Kier molecular flexibility index (Phi) is 5.86. The van der Waals surface area contributed by atoms with E-state index in [1.165, 1.54) is 30.6 Å². The molecule has 0 saturated heterocycles. The summed E-state index contributed by atoms with van der Waals surface area (Å²) in [5, 5.41) is 5.37. The highest BCUT2D eigenvalue weighted by atomic mass is 19.1. The second kappa shape index (κ2) is 8.68. The number of halogens is 1. The first-order valence-corrected chi connectivity index (χ1v) is 8.43. The van der Waals surface area contributed by atoms with E-state index in [1.807, 2.05) is 6.92 Å². The fourth-order valence-electron chi connectivity index (χ4n) is 2.41. The lowest BCUT2D eigenvalue weighted by atomic mass is 10.1. The van der Waals surface area contributed by atoms with Crippen LogP contribution in [-0.4, -0.2) is 21.8 Å². The average molecular weight is 376 g/mol. The first-order chi connectivity index (χ1) is 13.5. The molecule has 2 amide bonds. The van der Waals surface area contributed by atoms with Crippen LogP contribution < -0.4 is 10.6 Å². The molecule has 3 rings (SSSR count). The van der Waals surface area contributed by atoms with Crippen LogP contribution in [-0.2, 0) is 4.79 Å². The maximum absolute atomic E-state index is 13.3. The monoisotopic (exact) mass is 376 g/mol. The minimum absolute atomic E-state index is 0.339. The zero-order valence-corrected chi connectivity index (χ0v) is 15.0.